The first-order valence-electron chi connectivity index (χ1n) is 10.1. The van der Waals surface area contributed by atoms with E-state index in [9.17, 15) is 19.2 Å². The maximum atomic E-state index is 11.6. The van der Waals surface area contributed by atoms with Crippen LogP contribution in [0.15, 0.2) is 0 Å². The SMILES string of the molecule is COCCN(CCOC)C(=O)CC(C)=O.COCCN(CCOC)C(=O)CC(C)=O.[O]=[Mo+2]=[O]. The Morgan fingerprint density at radius 1 is 0.576 bits per heavy atom. The molecule has 0 atom stereocenters. The number of Topliss-reactive ketones (excluding diaryl/α,β-unsaturated/α-hetero) is 2. The molecular formula is C20H38MoN2O10+2. The van der Waals surface area contributed by atoms with Crippen molar-refractivity contribution in [3.8, 4) is 0 Å². The van der Waals surface area contributed by atoms with Crippen LogP contribution in [0.5, 0.6) is 0 Å². The summed E-state index contributed by atoms with van der Waals surface area (Å²) in [6.45, 7) is 6.64. The molecule has 2 amide bonds. The summed E-state index contributed by atoms with van der Waals surface area (Å²) in [5, 5.41) is 0. The van der Waals surface area contributed by atoms with E-state index in [1.807, 2.05) is 0 Å². The van der Waals surface area contributed by atoms with Gasteiger partial charge in [0.25, 0.3) is 0 Å². The molecule has 0 aromatic rings. The maximum absolute atomic E-state index is 11.6. The van der Waals surface area contributed by atoms with Gasteiger partial charge >= 0.3 is 25.3 Å². The third-order valence-corrected chi connectivity index (χ3v) is 3.77. The molecule has 0 aliphatic heterocycles. The van der Waals surface area contributed by atoms with Crippen LogP contribution >= 0.6 is 0 Å². The zero-order valence-corrected chi connectivity index (χ0v) is 22.5. The number of hydrogen-bond acceptors (Lipinski definition) is 10. The first kappa shape index (κ1) is 36.0. The Kier molecular flexibility index (Phi) is 29.1. The van der Waals surface area contributed by atoms with Crippen LogP contribution in [0.3, 0.4) is 0 Å². The molecule has 0 aliphatic carbocycles. The standard InChI is InChI=1S/2C10H19NO4.Mo.2O/c2*1-9(12)8-10(13)11(4-6-14-2)5-7-15-3;;;/h2*4-8H2,1-3H3;;;/q;;+2;;. The van der Waals surface area contributed by atoms with E-state index in [-0.39, 0.29) is 36.2 Å². The number of rotatable bonds is 16. The molecule has 33 heavy (non-hydrogen) atoms. The zero-order valence-electron chi connectivity index (χ0n) is 20.5. The van der Waals surface area contributed by atoms with Gasteiger partial charge in [0, 0.05) is 54.6 Å². The van der Waals surface area contributed by atoms with Crippen molar-refractivity contribution in [2.24, 2.45) is 0 Å². The molecule has 0 radical (unpaired) electrons. The van der Waals surface area contributed by atoms with E-state index in [0.29, 0.717) is 52.6 Å². The van der Waals surface area contributed by atoms with Crippen LogP contribution in [0.2, 0.25) is 0 Å². The minimum atomic E-state index is -2.03. The Hall–Kier alpha value is -1.59. The average Bonchev–Trinajstić information content (AvgIpc) is 2.74. The summed E-state index contributed by atoms with van der Waals surface area (Å²) in [5.41, 5.74) is 0. The fraction of sp³-hybridized carbons (Fsp3) is 0.800. The second-order valence-electron chi connectivity index (χ2n) is 6.56. The number of ketones is 2. The van der Waals surface area contributed by atoms with E-state index in [4.69, 9.17) is 25.7 Å². The Bertz CT molecular complexity index is 523. The van der Waals surface area contributed by atoms with Crippen LogP contribution in [0, 0.1) is 0 Å². The first-order valence-corrected chi connectivity index (χ1v) is 11.7. The molecular weight excluding hydrogens is 524 g/mol. The van der Waals surface area contributed by atoms with Gasteiger partial charge < -0.3 is 28.7 Å². The number of ether oxygens (including phenoxy) is 4. The summed E-state index contributed by atoms with van der Waals surface area (Å²) in [5.74, 6) is -0.590. The van der Waals surface area contributed by atoms with E-state index < -0.39 is 18.5 Å². The predicted molar refractivity (Wildman–Crippen MR) is 113 cm³/mol. The molecule has 192 valence electrons. The fourth-order valence-electron chi connectivity index (χ4n) is 2.18. The van der Waals surface area contributed by atoms with Crippen molar-refractivity contribution in [2.75, 3.05) is 81.0 Å². The van der Waals surface area contributed by atoms with Gasteiger partial charge in [-0.1, -0.05) is 0 Å². The number of hydrogen-bond donors (Lipinski definition) is 0. The van der Waals surface area contributed by atoms with Gasteiger partial charge in [-0.2, -0.15) is 0 Å². The molecule has 0 spiro atoms. The van der Waals surface area contributed by atoms with E-state index in [2.05, 4.69) is 0 Å². The van der Waals surface area contributed by atoms with Crippen LogP contribution in [0.4, 0.5) is 0 Å². The monoisotopic (exact) mass is 564 g/mol. The van der Waals surface area contributed by atoms with Gasteiger partial charge in [-0.05, 0) is 13.8 Å². The third-order valence-electron chi connectivity index (χ3n) is 3.77. The molecule has 0 unspecified atom stereocenters. The summed E-state index contributed by atoms with van der Waals surface area (Å²) in [7, 11) is 6.29. The van der Waals surface area contributed by atoms with Gasteiger partial charge in [-0.15, -0.1) is 0 Å². The van der Waals surface area contributed by atoms with Crippen LogP contribution in [-0.4, -0.2) is 114 Å². The summed E-state index contributed by atoms with van der Waals surface area (Å²) >= 11 is -2.03. The number of carbonyl (C=O) groups excluding carboxylic acids is 4. The number of nitrogens with zero attached hydrogens (tertiary/aromatic N) is 2. The van der Waals surface area contributed by atoms with Gasteiger partial charge in [0.2, 0.25) is 11.8 Å². The molecule has 0 saturated heterocycles. The molecule has 0 bridgehead atoms. The van der Waals surface area contributed by atoms with Gasteiger partial charge in [-0.3, -0.25) is 19.2 Å². The normalized spacial score (nSPS) is 9.39. The Labute approximate surface area is 204 Å². The Balaban J connectivity index is -0.000000487. The molecule has 12 nitrogen and oxygen atoms in total. The van der Waals surface area contributed by atoms with Crippen molar-refractivity contribution in [1.82, 2.24) is 9.80 Å². The van der Waals surface area contributed by atoms with Crippen molar-refractivity contribution in [3.05, 3.63) is 0 Å². The molecule has 0 heterocycles. The van der Waals surface area contributed by atoms with Crippen molar-refractivity contribution in [1.29, 1.82) is 0 Å². The third kappa shape index (κ3) is 26.5. The topological polar surface area (TPSA) is 146 Å². The summed E-state index contributed by atoms with van der Waals surface area (Å²) in [4.78, 5) is 47.9. The van der Waals surface area contributed by atoms with E-state index in [0.717, 1.165) is 0 Å². The van der Waals surface area contributed by atoms with Crippen LogP contribution in [0.25, 0.3) is 0 Å². The number of methoxy groups -OCH3 is 4. The second kappa shape index (κ2) is 26.7. The molecule has 0 aliphatic rings. The van der Waals surface area contributed by atoms with Crippen LogP contribution in [-0.2, 0) is 63.4 Å². The van der Waals surface area contributed by atoms with Crippen LogP contribution < -0.4 is 0 Å². The first-order chi connectivity index (χ1) is 15.6. The quantitative estimate of drug-likeness (QED) is 0.185. The van der Waals surface area contributed by atoms with Gasteiger partial charge in [0.1, 0.15) is 11.6 Å². The van der Waals surface area contributed by atoms with Gasteiger partial charge in [-0.25, -0.2) is 0 Å². The van der Waals surface area contributed by atoms with Gasteiger partial charge in [0.15, 0.2) is 0 Å². The van der Waals surface area contributed by atoms with Crippen molar-refractivity contribution in [2.45, 2.75) is 26.7 Å². The Morgan fingerprint density at radius 2 is 0.788 bits per heavy atom. The van der Waals surface area contributed by atoms with E-state index in [1.165, 1.54) is 13.8 Å². The number of amides is 2. The zero-order chi connectivity index (χ0) is 26.1. The van der Waals surface area contributed by atoms with E-state index in [1.54, 1.807) is 38.2 Å². The fourth-order valence-corrected chi connectivity index (χ4v) is 2.18. The number of carbonyl (C=O) groups is 4. The molecule has 0 rings (SSSR count). The minimum absolute atomic E-state index is 0.0482. The summed E-state index contributed by atoms with van der Waals surface area (Å²) < 4.78 is 36.6. The summed E-state index contributed by atoms with van der Waals surface area (Å²) in [6, 6.07) is 0. The van der Waals surface area contributed by atoms with Crippen molar-refractivity contribution >= 4 is 23.4 Å². The molecule has 0 aromatic heterocycles. The average molecular weight is 562 g/mol. The van der Waals surface area contributed by atoms with E-state index >= 15 is 0 Å². The molecule has 0 saturated carbocycles. The summed E-state index contributed by atoms with van der Waals surface area (Å²) in [6.07, 6.45) is -0.0964. The predicted octanol–water partition coefficient (Wildman–Crippen LogP) is -0.0663. The molecule has 0 N–H and O–H groups in total. The molecule has 13 heteroatoms. The van der Waals surface area contributed by atoms with Crippen LogP contribution in [0.1, 0.15) is 26.7 Å². The molecule has 0 fully saturated rings. The second-order valence-corrected chi connectivity index (χ2v) is 6.89. The molecule has 0 aromatic carbocycles. The van der Waals surface area contributed by atoms with Crippen molar-refractivity contribution < 1.29 is 63.4 Å². The Morgan fingerprint density at radius 3 is 0.939 bits per heavy atom. The van der Waals surface area contributed by atoms with Gasteiger partial charge in [0.05, 0.1) is 39.3 Å². The van der Waals surface area contributed by atoms with Crippen molar-refractivity contribution in [3.63, 3.8) is 0 Å².